The van der Waals surface area contributed by atoms with Crippen molar-refractivity contribution in [2.75, 3.05) is 19.8 Å². The standard InChI is InChI=1S/C53H90O5/c1-4-7-10-13-16-19-21-23-24-25-26-27-28-29-31-33-36-39-42-45-48-56-49-51(58-53(55)47-44-41-38-34-18-15-12-9-6-3)50-57-52(54)46-43-40-37-35-32-30-22-20-17-14-11-8-5-2/h7-8,10-11,16-17,19-20,23-24,26-27,30,32,51H,4-6,9,12-15,18,21-22,25,28-29,31,33-50H2,1-3H3/b10-7-,11-8-,19-16-,20-17-,24-23-,27-26-,32-30-. The van der Waals surface area contributed by atoms with Crippen LogP contribution in [0.2, 0.25) is 0 Å². The molecule has 0 saturated carbocycles. The number of allylic oxidation sites excluding steroid dienone is 14. The Balaban J connectivity index is 4.25. The van der Waals surface area contributed by atoms with Gasteiger partial charge in [0.2, 0.25) is 0 Å². The van der Waals surface area contributed by atoms with E-state index < -0.39 is 6.10 Å². The number of ether oxygens (including phenoxy) is 3. The van der Waals surface area contributed by atoms with Crippen molar-refractivity contribution in [3.63, 3.8) is 0 Å². The lowest BCUT2D eigenvalue weighted by Crippen LogP contribution is -2.30. The maximum absolute atomic E-state index is 12.7. The summed E-state index contributed by atoms with van der Waals surface area (Å²) in [6.45, 7) is 7.52. The van der Waals surface area contributed by atoms with E-state index in [4.69, 9.17) is 14.2 Å². The van der Waals surface area contributed by atoms with Gasteiger partial charge in [0, 0.05) is 19.4 Å². The van der Waals surface area contributed by atoms with Gasteiger partial charge in [0.1, 0.15) is 6.61 Å². The van der Waals surface area contributed by atoms with E-state index in [-0.39, 0.29) is 25.2 Å². The molecule has 0 aliphatic carbocycles. The molecule has 0 aromatic heterocycles. The molecule has 0 aromatic rings. The van der Waals surface area contributed by atoms with Crippen LogP contribution in [0, 0.1) is 0 Å². The van der Waals surface area contributed by atoms with Gasteiger partial charge in [-0.1, -0.05) is 196 Å². The highest BCUT2D eigenvalue weighted by atomic mass is 16.6. The van der Waals surface area contributed by atoms with Crippen LogP contribution in [0.15, 0.2) is 85.1 Å². The Kier molecular flexibility index (Phi) is 46.0. The normalized spacial score (nSPS) is 12.9. The first-order valence-electron chi connectivity index (χ1n) is 24.1. The summed E-state index contributed by atoms with van der Waals surface area (Å²) in [5.41, 5.74) is 0. The van der Waals surface area contributed by atoms with Crippen LogP contribution in [0.4, 0.5) is 0 Å². The van der Waals surface area contributed by atoms with Crippen molar-refractivity contribution in [1.29, 1.82) is 0 Å². The molecule has 0 aromatic carbocycles. The second-order valence-corrected chi connectivity index (χ2v) is 15.6. The van der Waals surface area contributed by atoms with E-state index in [1.165, 1.54) is 83.5 Å². The van der Waals surface area contributed by atoms with E-state index in [2.05, 4.69) is 106 Å². The predicted molar refractivity (Wildman–Crippen MR) is 251 cm³/mol. The van der Waals surface area contributed by atoms with Crippen LogP contribution in [0.25, 0.3) is 0 Å². The minimum atomic E-state index is -0.554. The Morgan fingerprint density at radius 1 is 0.397 bits per heavy atom. The minimum absolute atomic E-state index is 0.0632. The molecule has 0 rings (SSSR count). The molecule has 58 heavy (non-hydrogen) atoms. The maximum Gasteiger partial charge on any atom is 0.306 e. The van der Waals surface area contributed by atoms with Gasteiger partial charge < -0.3 is 14.2 Å². The van der Waals surface area contributed by atoms with Crippen LogP contribution in [0.5, 0.6) is 0 Å². The molecule has 0 heterocycles. The van der Waals surface area contributed by atoms with Gasteiger partial charge in [-0.2, -0.15) is 0 Å². The van der Waals surface area contributed by atoms with Gasteiger partial charge in [-0.3, -0.25) is 9.59 Å². The summed E-state index contributed by atoms with van der Waals surface area (Å²) in [7, 11) is 0. The molecule has 0 fully saturated rings. The topological polar surface area (TPSA) is 61.8 Å². The van der Waals surface area contributed by atoms with Gasteiger partial charge in [0.05, 0.1) is 6.61 Å². The van der Waals surface area contributed by atoms with E-state index in [1.807, 2.05) is 0 Å². The Bertz CT molecular complexity index is 1090. The SMILES string of the molecule is CC/C=C\C/C=C\C/C=C\C/C=C\CCCCCCCCCOCC(COC(=O)CCCCC/C=C\C/C=C\C/C=C\CC)OC(=O)CCCCCCCCCCC. The Morgan fingerprint density at radius 3 is 1.26 bits per heavy atom. The monoisotopic (exact) mass is 807 g/mol. The average molecular weight is 807 g/mol. The molecule has 0 aliphatic rings. The zero-order valence-corrected chi connectivity index (χ0v) is 38.0. The fourth-order valence-electron chi connectivity index (χ4n) is 6.40. The highest BCUT2D eigenvalue weighted by Gasteiger charge is 2.17. The van der Waals surface area contributed by atoms with E-state index in [0.29, 0.717) is 19.4 Å². The van der Waals surface area contributed by atoms with Gasteiger partial charge in [-0.15, -0.1) is 0 Å². The van der Waals surface area contributed by atoms with Crippen molar-refractivity contribution < 1.29 is 23.8 Å². The highest BCUT2D eigenvalue weighted by molar-refractivity contribution is 5.70. The number of rotatable bonds is 43. The molecule has 5 nitrogen and oxygen atoms in total. The number of esters is 2. The number of carbonyl (C=O) groups is 2. The largest absolute Gasteiger partial charge is 0.462 e. The molecule has 5 heteroatoms. The fraction of sp³-hybridized carbons (Fsp3) is 0.698. The molecule has 332 valence electrons. The lowest BCUT2D eigenvalue weighted by Gasteiger charge is -2.18. The number of hydrogen-bond acceptors (Lipinski definition) is 5. The molecule has 0 N–H and O–H groups in total. The Morgan fingerprint density at radius 2 is 0.776 bits per heavy atom. The van der Waals surface area contributed by atoms with E-state index >= 15 is 0 Å². The number of hydrogen-bond donors (Lipinski definition) is 0. The lowest BCUT2D eigenvalue weighted by molar-refractivity contribution is -0.163. The van der Waals surface area contributed by atoms with Gasteiger partial charge >= 0.3 is 11.9 Å². The summed E-state index contributed by atoms with van der Waals surface area (Å²) in [5.74, 6) is -0.442. The Labute approximate surface area is 359 Å². The molecule has 0 saturated heterocycles. The highest BCUT2D eigenvalue weighted by Crippen LogP contribution is 2.13. The number of unbranched alkanes of at least 4 members (excludes halogenated alkanes) is 18. The minimum Gasteiger partial charge on any atom is -0.462 e. The van der Waals surface area contributed by atoms with E-state index in [1.54, 1.807) is 0 Å². The van der Waals surface area contributed by atoms with Crippen LogP contribution in [-0.4, -0.2) is 37.9 Å². The van der Waals surface area contributed by atoms with Gasteiger partial charge in [-0.05, 0) is 89.9 Å². The van der Waals surface area contributed by atoms with Gasteiger partial charge in [0.25, 0.3) is 0 Å². The summed E-state index contributed by atoms with van der Waals surface area (Å²) in [6, 6.07) is 0. The molecular weight excluding hydrogens is 717 g/mol. The average Bonchev–Trinajstić information content (AvgIpc) is 3.22. The summed E-state index contributed by atoms with van der Waals surface area (Å²) >= 11 is 0. The fourth-order valence-corrected chi connectivity index (χ4v) is 6.40. The third-order valence-corrected chi connectivity index (χ3v) is 9.93. The summed E-state index contributed by atoms with van der Waals surface area (Å²) in [4.78, 5) is 25.2. The molecule has 0 aliphatic heterocycles. The van der Waals surface area contributed by atoms with E-state index in [9.17, 15) is 9.59 Å². The van der Waals surface area contributed by atoms with Crippen molar-refractivity contribution in [2.24, 2.45) is 0 Å². The van der Waals surface area contributed by atoms with Crippen LogP contribution in [0.1, 0.15) is 213 Å². The quantitative estimate of drug-likeness (QED) is 0.0349. The maximum atomic E-state index is 12.7. The molecule has 1 atom stereocenters. The molecule has 0 radical (unpaired) electrons. The third kappa shape index (κ3) is 45.8. The van der Waals surface area contributed by atoms with Crippen LogP contribution >= 0.6 is 0 Å². The van der Waals surface area contributed by atoms with Crippen molar-refractivity contribution >= 4 is 11.9 Å². The Hall–Kier alpha value is -2.92. The summed E-state index contributed by atoms with van der Waals surface area (Å²) < 4.78 is 17.3. The van der Waals surface area contributed by atoms with Crippen molar-refractivity contribution in [3.8, 4) is 0 Å². The van der Waals surface area contributed by atoms with Crippen molar-refractivity contribution in [3.05, 3.63) is 85.1 Å². The van der Waals surface area contributed by atoms with Gasteiger partial charge in [0.15, 0.2) is 6.10 Å². The zero-order chi connectivity index (χ0) is 42.1. The summed E-state index contributed by atoms with van der Waals surface area (Å²) in [6.07, 6.45) is 63.1. The molecule has 0 amide bonds. The van der Waals surface area contributed by atoms with Crippen LogP contribution < -0.4 is 0 Å². The first-order chi connectivity index (χ1) is 28.6. The number of carbonyl (C=O) groups excluding carboxylic acids is 2. The zero-order valence-electron chi connectivity index (χ0n) is 38.0. The first-order valence-corrected chi connectivity index (χ1v) is 24.1. The predicted octanol–water partition coefficient (Wildman–Crippen LogP) is 16.1. The molecular formula is C53H90O5. The molecule has 0 bridgehead atoms. The van der Waals surface area contributed by atoms with Crippen molar-refractivity contribution in [2.45, 2.75) is 219 Å². The van der Waals surface area contributed by atoms with Crippen molar-refractivity contribution in [1.82, 2.24) is 0 Å². The van der Waals surface area contributed by atoms with Gasteiger partial charge in [-0.25, -0.2) is 0 Å². The molecule has 0 spiro atoms. The molecule has 1 unspecified atom stereocenters. The van der Waals surface area contributed by atoms with Crippen LogP contribution in [-0.2, 0) is 23.8 Å². The third-order valence-electron chi connectivity index (χ3n) is 9.93. The van der Waals surface area contributed by atoms with E-state index in [0.717, 1.165) is 96.3 Å². The second-order valence-electron chi connectivity index (χ2n) is 15.6. The lowest BCUT2D eigenvalue weighted by atomic mass is 10.1. The smallest absolute Gasteiger partial charge is 0.306 e. The second kappa shape index (κ2) is 48.4. The summed E-state index contributed by atoms with van der Waals surface area (Å²) in [5, 5.41) is 0. The first kappa shape index (κ1) is 55.1. The van der Waals surface area contributed by atoms with Crippen LogP contribution in [0.3, 0.4) is 0 Å².